The van der Waals surface area contributed by atoms with Crippen LogP contribution in [0, 0.1) is 0 Å². The molecule has 0 aliphatic carbocycles. The predicted octanol–water partition coefficient (Wildman–Crippen LogP) is -1.06. The average Bonchev–Trinajstić information content (AvgIpc) is 2.71. The van der Waals surface area contributed by atoms with E-state index in [1.165, 1.54) is 24.3 Å². The van der Waals surface area contributed by atoms with Gasteiger partial charge in [0.15, 0.2) is 0 Å². The number of hydrogen-bond acceptors (Lipinski definition) is 8. The lowest BCUT2D eigenvalue weighted by Crippen LogP contribution is -2.49. The van der Waals surface area contributed by atoms with E-state index in [0.717, 1.165) is 11.8 Å². The standard InChI is InChI=1S/C18H24N4O8S/c19-12(18(29)30)5-6-14(24)22-13(17(28)20-7-16(26)27)8-31-9-15(25)21-10-1-3-11(23)4-2-10/h1-4,12-13,23H,5-9,19H2,(H,20,28)(H,21,25)(H,22,24)(H,26,27)(H,29,30)/t12-,13-/m0/s1. The molecule has 0 heterocycles. The van der Waals surface area contributed by atoms with Crippen LogP contribution in [0.25, 0.3) is 0 Å². The molecule has 3 amide bonds. The highest BCUT2D eigenvalue weighted by atomic mass is 32.2. The summed E-state index contributed by atoms with van der Waals surface area (Å²) in [5.74, 6) is -4.38. The van der Waals surface area contributed by atoms with Gasteiger partial charge in [-0.25, -0.2) is 0 Å². The summed E-state index contributed by atoms with van der Waals surface area (Å²) in [4.78, 5) is 57.6. The van der Waals surface area contributed by atoms with E-state index in [0.29, 0.717) is 5.69 Å². The average molecular weight is 456 g/mol. The molecule has 0 radical (unpaired) electrons. The van der Waals surface area contributed by atoms with E-state index < -0.39 is 42.4 Å². The van der Waals surface area contributed by atoms with Crippen LogP contribution in [-0.2, 0) is 24.0 Å². The Labute approximate surface area is 181 Å². The van der Waals surface area contributed by atoms with Gasteiger partial charge < -0.3 is 37.0 Å². The number of carboxylic acid groups (broad SMARTS) is 2. The number of anilines is 1. The second-order valence-electron chi connectivity index (χ2n) is 6.33. The first kappa shape index (κ1) is 25.7. The maximum Gasteiger partial charge on any atom is 0.322 e. The Morgan fingerprint density at radius 3 is 2.26 bits per heavy atom. The molecule has 12 nitrogen and oxygen atoms in total. The summed E-state index contributed by atoms with van der Waals surface area (Å²) in [5, 5.41) is 33.8. The van der Waals surface area contributed by atoms with Gasteiger partial charge in [0.2, 0.25) is 17.7 Å². The molecule has 170 valence electrons. The van der Waals surface area contributed by atoms with Crippen molar-refractivity contribution < 1.29 is 39.3 Å². The van der Waals surface area contributed by atoms with E-state index in [-0.39, 0.29) is 36.0 Å². The largest absolute Gasteiger partial charge is 0.508 e. The summed E-state index contributed by atoms with van der Waals surface area (Å²) in [6, 6.07) is 3.43. The number of carboxylic acids is 2. The van der Waals surface area contributed by atoms with E-state index in [4.69, 9.17) is 15.9 Å². The van der Waals surface area contributed by atoms with Crippen molar-refractivity contribution in [2.75, 3.05) is 23.4 Å². The van der Waals surface area contributed by atoms with Crippen molar-refractivity contribution in [1.82, 2.24) is 10.6 Å². The second-order valence-corrected chi connectivity index (χ2v) is 7.36. The van der Waals surface area contributed by atoms with Crippen molar-refractivity contribution in [2.24, 2.45) is 5.73 Å². The van der Waals surface area contributed by atoms with Crippen molar-refractivity contribution in [1.29, 1.82) is 0 Å². The molecule has 0 fully saturated rings. The Balaban J connectivity index is 2.58. The lowest BCUT2D eigenvalue weighted by Gasteiger charge is -2.18. The summed E-state index contributed by atoms with van der Waals surface area (Å²) in [6.07, 6.45) is -0.394. The zero-order valence-electron chi connectivity index (χ0n) is 16.4. The molecule has 0 bridgehead atoms. The van der Waals surface area contributed by atoms with Crippen LogP contribution in [0.2, 0.25) is 0 Å². The highest BCUT2D eigenvalue weighted by Crippen LogP contribution is 2.14. The summed E-state index contributed by atoms with van der Waals surface area (Å²) in [5.41, 5.74) is 5.80. The number of phenolic OH excluding ortho intramolecular Hbond substituents is 1. The minimum Gasteiger partial charge on any atom is -0.508 e. The third-order valence-corrected chi connectivity index (χ3v) is 4.77. The van der Waals surface area contributed by atoms with Gasteiger partial charge in [-0.2, -0.15) is 0 Å². The van der Waals surface area contributed by atoms with Crippen molar-refractivity contribution >= 4 is 47.1 Å². The number of nitrogens with one attached hydrogen (secondary N) is 3. The Bertz CT molecular complexity index is 802. The van der Waals surface area contributed by atoms with Gasteiger partial charge in [0.25, 0.3) is 0 Å². The Hall–Kier alpha value is -3.32. The number of phenols is 1. The van der Waals surface area contributed by atoms with Crippen molar-refractivity contribution in [3.63, 3.8) is 0 Å². The Morgan fingerprint density at radius 2 is 1.68 bits per heavy atom. The summed E-state index contributed by atoms with van der Waals surface area (Å²) >= 11 is 1.02. The van der Waals surface area contributed by atoms with Gasteiger partial charge in [-0.1, -0.05) is 0 Å². The number of nitrogens with two attached hydrogens (primary N) is 1. The molecule has 0 spiro atoms. The number of amides is 3. The molecule has 13 heteroatoms. The van der Waals surface area contributed by atoms with Gasteiger partial charge in [0, 0.05) is 17.9 Å². The Morgan fingerprint density at radius 1 is 1.03 bits per heavy atom. The van der Waals surface area contributed by atoms with Crippen LogP contribution in [0.5, 0.6) is 5.75 Å². The van der Waals surface area contributed by atoms with Crippen LogP contribution in [0.15, 0.2) is 24.3 Å². The van der Waals surface area contributed by atoms with Crippen LogP contribution >= 0.6 is 11.8 Å². The van der Waals surface area contributed by atoms with E-state index in [1.54, 1.807) is 0 Å². The molecule has 2 atom stereocenters. The predicted molar refractivity (Wildman–Crippen MR) is 111 cm³/mol. The minimum absolute atomic E-state index is 0.0365. The molecule has 1 aromatic rings. The Kier molecular flexibility index (Phi) is 10.8. The molecule has 8 N–H and O–H groups in total. The third kappa shape index (κ3) is 10.9. The highest BCUT2D eigenvalue weighted by Gasteiger charge is 2.22. The number of aromatic hydroxyl groups is 1. The van der Waals surface area contributed by atoms with E-state index in [1.807, 2.05) is 0 Å². The number of hydrogen-bond donors (Lipinski definition) is 7. The molecule has 0 aliphatic heterocycles. The van der Waals surface area contributed by atoms with Gasteiger partial charge in [0.05, 0.1) is 5.75 Å². The fourth-order valence-corrected chi connectivity index (χ4v) is 3.00. The van der Waals surface area contributed by atoms with Crippen molar-refractivity contribution in [3.8, 4) is 5.75 Å². The van der Waals surface area contributed by atoms with Crippen molar-refractivity contribution in [2.45, 2.75) is 24.9 Å². The topological polar surface area (TPSA) is 208 Å². The molecule has 31 heavy (non-hydrogen) atoms. The van der Waals surface area contributed by atoms with E-state index in [2.05, 4.69) is 16.0 Å². The van der Waals surface area contributed by atoms with Gasteiger partial charge in [-0.15, -0.1) is 11.8 Å². The quantitative estimate of drug-likeness (QED) is 0.179. The first-order valence-electron chi connectivity index (χ1n) is 9.02. The number of thioether (sulfide) groups is 1. The molecule has 0 unspecified atom stereocenters. The van der Waals surface area contributed by atoms with Gasteiger partial charge in [-0.05, 0) is 30.7 Å². The van der Waals surface area contributed by atoms with E-state index >= 15 is 0 Å². The molecule has 0 aromatic heterocycles. The molecular formula is C18H24N4O8S. The first-order valence-corrected chi connectivity index (χ1v) is 10.2. The fourth-order valence-electron chi connectivity index (χ4n) is 2.16. The zero-order valence-corrected chi connectivity index (χ0v) is 17.2. The summed E-state index contributed by atoms with van der Waals surface area (Å²) < 4.78 is 0. The number of aliphatic carboxylic acids is 2. The van der Waals surface area contributed by atoms with Crippen LogP contribution in [0.1, 0.15) is 12.8 Å². The lowest BCUT2D eigenvalue weighted by molar-refractivity contribution is -0.139. The fraction of sp³-hybridized carbons (Fsp3) is 0.389. The third-order valence-electron chi connectivity index (χ3n) is 3.73. The monoisotopic (exact) mass is 456 g/mol. The maximum atomic E-state index is 12.2. The smallest absolute Gasteiger partial charge is 0.322 e. The number of rotatable bonds is 13. The molecule has 0 aliphatic rings. The van der Waals surface area contributed by atoms with Crippen LogP contribution < -0.4 is 21.7 Å². The number of carbonyl (C=O) groups excluding carboxylic acids is 3. The molecular weight excluding hydrogens is 432 g/mol. The number of benzene rings is 1. The van der Waals surface area contributed by atoms with Gasteiger partial charge >= 0.3 is 11.9 Å². The van der Waals surface area contributed by atoms with Crippen LogP contribution in [0.4, 0.5) is 5.69 Å². The van der Waals surface area contributed by atoms with Crippen LogP contribution in [-0.4, -0.2) is 75.1 Å². The first-order chi connectivity index (χ1) is 14.6. The molecule has 0 saturated carbocycles. The van der Waals surface area contributed by atoms with Crippen LogP contribution in [0.3, 0.4) is 0 Å². The normalized spacial score (nSPS) is 12.3. The van der Waals surface area contributed by atoms with Gasteiger partial charge in [-0.3, -0.25) is 24.0 Å². The number of carbonyl (C=O) groups is 5. The molecule has 1 aromatic carbocycles. The second kappa shape index (κ2) is 13.1. The van der Waals surface area contributed by atoms with Crippen molar-refractivity contribution in [3.05, 3.63) is 24.3 Å². The highest BCUT2D eigenvalue weighted by molar-refractivity contribution is 8.00. The summed E-state index contributed by atoms with van der Waals surface area (Å²) in [7, 11) is 0. The summed E-state index contributed by atoms with van der Waals surface area (Å²) in [6.45, 7) is -0.652. The molecule has 0 saturated heterocycles. The van der Waals surface area contributed by atoms with Gasteiger partial charge in [0.1, 0.15) is 24.4 Å². The zero-order chi connectivity index (χ0) is 23.4. The molecule has 1 rings (SSSR count). The minimum atomic E-state index is -1.27. The maximum absolute atomic E-state index is 12.2. The lowest BCUT2D eigenvalue weighted by atomic mass is 10.1. The van der Waals surface area contributed by atoms with E-state index in [9.17, 15) is 29.1 Å². The SMILES string of the molecule is N[C@@H](CCC(=O)N[C@@H](CSCC(=O)Nc1ccc(O)cc1)C(=O)NCC(=O)O)C(=O)O.